The molecule has 148 valence electrons. The molecule has 4 aliphatic rings. The molecule has 9 heteroatoms. The molecule has 0 spiro atoms. The third-order valence-electron chi connectivity index (χ3n) is 5.83. The zero-order valence-electron chi connectivity index (χ0n) is 15.4. The minimum Gasteiger partial charge on any atom is -0.494 e. The molecule has 1 aromatic carbocycles. The van der Waals surface area contributed by atoms with Gasteiger partial charge in [0.05, 0.1) is 39.7 Å². The molecule has 0 saturated carbocycles. The van der Waals surface area contributed by atoms with Crippen molar-refractivity contribution in [3.05, 3.63) is 73.9 Å². The van der Waals surface area contributed by atoms with Crippen molar-refractivity contribution in [3.8, 4) is 0 Å². The van der Waals surface area contributed by atoms with Crippen LogP contribution >= 0.6 is 0 Å². The van der Waals surface area contributed by atoms with Crippen molar-refractivity contribution < 1.29 is 24.7 Å². The highest BCUT2D eigenvalue weighted by molar-refractivity contribution is 5.89. The van der Waals surface area contributed by atoms with Gasteiger partial charge in [0, 0.05) is 11.6 Å². The van der Waals surface area contributed by atoms with E-state index in [4.69, 9.17) is 4.74 Å². The minimum absolute atomic E-state index is 0.00891. The number of nitrogens with zero attached hydrogens (tertiary/aromatic N) is 2. The predicted molar refractivity (Wildman–Crippen MR) is 102 cm³/mol. The van der Waals surface area contributed by atoms with Gasteiger partial charge in [0.1, 0.15) is 6.61 Å². The number of hydrogen-bond donors (Lipinski definition) is 3. The molecule has 4 heterocycles. The van der Waals surface area contributed by atoms with Crippen molar-refractivity contribution >= 4 is 23.4 Å². The fourth-order valence-electron chi connectivity index (χ4n) is 4.24. The molecule has 0 aliphatic carbocycles. The molecule has 0 aromatic heterocycles. The SMILES string of the molecule is CC[C@@]1(O)C(=O)OCC2=C(O)N3CC4=Cc5c(cccc5[N+](=O)[O-])NC4=C3C=C21. The fourth-order valence-corrected chi connectivity index (χ4v) is 4.24. The van der Waals surface area contributed by atoms with Crippen LogP contribution in [0.5, 0.6) is 0 Å². The molecule has 4 aliphatic heterocycles. The van der Waals surface area contributed by atoms with Crippen LogP contribution in [0.3, 0.4) is 0 Å². The number of carbonyl (C=O) groups is 1. The second kappa shape index (κ2) is 5.71. The Bertz CT molecular complexity index is 1130. The lowest BCUT2D eigenvalue weighted by Gasteiger charge is -2.38. The van der Waals surface area contributed by atoms with Gasteiger partial charge in [0.15, 0.2) is 11.5 Å². The summed E-state index contributed by atoms with van der Waals surface area (Å²) in [6, 6.07) is 4.78. The molecular weight excluding hydrogens is 378 g/mol. The summed E-state index contributed by atoms with van der Waals surface area (Å²) >= 11 is 0. The summed E-state index contributed by atoms with van der Waals surface area (Å²) < 4.78 is 5.09. The van der Waals surface area contributed by atoms with Gasteiger partial charge < -0.3 is 25.2 Å². The third kappa shape index (κ3) is 2.21. The van der Waals surface area contributed by atoms with Gasteiger partial charge in [0.2, 0.25) is 0 Å². The molecule has 0 amide bonds. The number of nitro groups is 1. The molecule has 1 aromatic rings. The number of hydrogen-bond acceptors (Lipinski definition) is 8. The van der Waals surface area contributed by atoms with E-state index in [1.165, 1.54) is 6.07 Å². The summed E-state index contributed by atoms with van der Waals surface area (Å²) in [5.41, 5.74) is 1.91. The third-order valence-corrected chi connectivity index (χ3v) is 5.83. The number of nitro benzene ring substituents is 1. The van der Waals surface area contributed by atoms with Crippen LogP contribution < -0.4 is 5.32 Å². The van der Waals surface area contributed by atoms with Gasteiger partial charge >= 0.3 is 5.97 Å². The van der Waals surface area contributed by atoms with E-state index in [0.717, 1.165) is 5.57 Å². The summed E-state index contributed by atoms with van der Waals surface area (Å²) in [5.74, 6) is -0.840. The summed E-state index contributed by atoms with van der Waals surface area (Å²) in [7, 11) is 0. The van der Waals surface area contributed by atoms with Gasteiger partial charge in [-0.25, -0.2) is 4.79 Å². The lowest BCUT2D eigenvalue weighted by Crippen LogP contribution is -2.48. The number of ether oxygens (including phenoxy) is 1. The molecule has 0 radical (unpaired) electrons. The van der Waals surface area contributed by atoms with Crippen molar-refractivity contribution in [2.24, 2.45) is 0 Å². The van der Waals surface area contributed by atoms with Gasteiger partial charge in [-0.1, -0.05) is 13.0 Å². The molecule has 0 bridgehead atoms. The van der Waals surface area contributed by atoms with E-state index in [9.17, 15) is 25.1 Å². The smallest absolute Gasteiger partial charge is 0.343 e. The Morgan fingerprint density at radius 1 is 1.38 bits per heavy atom. The number of nitrogens with one attached hydrogen (secondary N) is 1. The van der Waals surface area contributed by atoms with E-state index in [-0.39, 0.29) is 24.6 Å². The van der Waals surface area contributed by atoms with Gasteiger partial charge in [-0.3, -0.25) is 10.1 Å². The number of allylic oxidation sites excluding steroid dienone is 1. The highest BCUT2D eigenvalue weighted by Gasteiger charge is 2.49. The molecule has 0 unspecified atom stereocenters. The second-order valence-corrected chi connectivity index (χ2v) is 7.29. The van der Waals surface area contributed by atoms with Gasteiger partial charge in [0.25, 0.3) is 5.69 Å². The Morgan fingerprint density at radius 2 is 2.17 bits per heavy atom. The monoisotopic (exact) mass is 395 g/mol. The van der Waals surface area contributed by atoms with Crippen LogP contribution in [0.2, 0.25) is 0 Å². The van der Waals surface area contributed by atoms with Crippen LogP contribution in [0.4, 0.5) is 11.4 Å². The van der Waals surface area contributed by atoms with Crippen LogP contribution in [0.1, 0.15) is 18.9 Å². The molecule has 29 heavy (non-hydrogen) atoms. The summed E-state index contributed by atoms with van der Waals surface area (Å²) in [5, 5.41) is 36.3. The zero-order chi connectivity index (χ0) is 20.5. The first-order valence-corrected chi connectivity index (χ1v) is 9.16. The van der Waals surface area contributed by atoms with Gasteiger partial charge in [-0.15, -0.1) is 0 Å². The molecular formula is C20H17N3O6. The van der Waals surface area contributed by atoms with Crippen molar-refractivity contribution in [1.82, 2.24) is 4.90 Å². The average Bonchev–Trinajstić information content (AvgIpc) is 3.07. The molecule has 3 N–H and O–H groups in total. The maximum atomic E-state index is 12.2. The van der Waals surface area contributed by atoms with E-state index < -0.39 is 16.5 Å². The number of rotatable bonds is 2. The average molecular weight is 395 g/mol. The minimum atomic E-state index is -1.83. The highest BCUT2D eigenvalue weighted by Crippen LogP contribution is 2.46. The molecule has 5 rings (SSSR count). The normalized spacial score (nSPS) is 24.6. The maximum Gasteiger partial charge on any atom is 0.343 e. The Morgan fingerprint density at radius 3 is 2.90 bits per heavy atom. The fraction of sp³-hybridized carbons (Fsp3) is 0.250. The van der Waals surface area contributed by atoms with Crippen LogP contribution in [0, 0.1) is 10.1 Å². The summed E-state index contributed by atoms with van der Waals surface area (Å²) in [6.45, 7) is 1.83. The van der Waals surface area contributed by atoms with Crippen molar-refractivity contribution in [2.45, 2.75) is 18.9 Å². The number of esters is 1. The number of cyclic esters (lactones) is 1. The molecule has 1 fully saturated rings. The number of aliphatic hydroxyl groups excluding tert-OH is 1. The first-order valence-electron chi connectivity index (χ1n) is 9.16. The highest BCUT2D eigenvalue weighted by atomic mass is 16.6. The van der Waals surface area contributed by atoms with Crippen molar-refractivity contribution in [3.63, 3.8) is 0 Å². The van der Waals surface area contributed by atoms with E-state index in [1.807, 2.05) is 0 Å². The topological polar surface area (TPSA) is 125 Å². The van der Waals surface area contributed by atoms with Crippen LogP contribution in [-0.2, 0) is 9.53 Å². The lowest BCUT2D eigenvalue weighted by molar-refractivity contribution is -0.385. The first kappa shape index (κ1) is 17.5. The quantitative estimate of drug-likeness (QED) is 0.396. The molecule has 1 atom stereocenters. The second-order valence-electron chi connectivity index (χ2n) is 7.29. The van der Waals surface area contributed by atoms with E-state index in [0.29, 0.717) is 40.3 Å². The van der Waals surface area contributed by atoms with Crippen molar-refractivity contribution in [1.29, 1.82) is 0 Å². The Balaban J connectivity index is 1.69. The van der Waals surface area contributed by atoms with E-state index in [1.54, 1.807) is 36.1 Å². The van der Waals surface area contributed by atoms with Crippen LogP contribution in [0.25, 0.3) is 6.08 Å². The predicted octanol–water partition coefficient (Wildman–Crippen LogP) is 2.34. The standard InChI is InChI=1S/C20H17N3O6/c1-2-20(26)13-7-16-17-10(8-22(16)18(24)12(13)9-29-19(20)25)6-11-14(21-17)4-3-5-15(11)23(27)28/h3-7,21,24,26H,2,8-9H2,1H3/t20-/m0/s1. The first-order chi connectivity index (χ1) is 13.8. The summed E-state index contributed by atoms with van der Waals surface area (Å²) in [6.07, 6.45) is 3.52. The van der Waals surface area contributed by atoms with Crippen LogP contribution in [0.15, 0.2) is 58.3 Å². The number of benzene rings is 1. The Hall–Kier alpha value is -3.59. The van der Waals surface area contributed by atoms with Gasteiger partial charge in [-0.2, -0.15) is 0 Å². The largest absolute Gasteiger partial charge is 0.494 e. The number of anilines is 1. The zero-order valence-corrected chi connectivity index (χ0v) is 15.4. The van der Waals surface area contributed by atoms with Crippen LogP contribution in [-0.4, -0.2) is 44.8 Å². The van der Waals surface area contributed by atoms with E-state index >= 15 is 0 Å². The molecule has 9 nitrogen and oxygen atoms in total. The van der Waals surface area contributed by atoms with E-state index in [2.05, 4.69) is 5.32 Å². The Labute approximate surface area is 165 Å². The Kier molecular flexibility index (Phi) is 3.45. The van der Waals surface area contributed by atoms with Gasteiger partial charge in [-0.05, 0) is 30.2 Å². The lowest BCUT2D eigenvalue weighted by atomic mass is 9.82. The number of aliphatic hydroxyl groups is 2. The van der Waals surface area contributed by atoms with Crippen molar-refractivity contribution in [2.75, 3.05) is 18.5 Å². The molecule has 1 saturated heterocycles. The number of fused-ring (bicyclic) bond motifs is 4. The number of carbonyl (C=O) groups excluding carboxylic acids is 1. The maximum absolute atomic E-state index is 12.2. The summed E-state index contributed by atoms with van der Waals surface area (Å²) in [4.78, 5) is 24.8.